The summed E-state index contributed by atoms with van der Waals surface area (Å²) >= 11 is 3.52. The Labute approximate surface area is 164 Å². The summed E-state index contributed by atoms with van der Waals surface area (Å²) in [6, 6.07) is 8.66. The molecule has 2 aliphatic rings. The molecule has 5 nitrogen and oxygen atoms in total. The van der Waals surface area contributed by atoms with Crippen LogP contribution in [0.15, 0.2) is 33.7 Å². The lowest BCUT2D eigenvalue weighted by molar-refractivity contribution is -0.128. The van der Waals surface area contributed by atoms with E-state index in [1.807, 2.05) is 11.8 Å². The Hall–Kier alpha value is -1.56. The molecule has 1 aromatic rings. The van der Waals surface area contributed by atoms with Crippen LogP contribution < -0.4 is 10.6 Å². The van der Waals surface area contributed by atoms with Crippen LogP contribution in [0.25, 0.3) is 0 Å². The molecule has 26 heavy (non-hydrogen) atoms. The molecule has 6 heteroatoms. The van der Waals surface area contributed by atoms with Gasteiger partial charge in [0.15, 0.2) is 5.96 Å². The van der Waals surface area contributed by atoms with Gasteiger partial charge in [-0.05, 0) is 50.3 Å². The second kappa shape index (κ2) is 8.89. The minimum Gasteiger partial charge on any atom is -0.357 e. The average molecular weight is 421 g/mol. The second-order valence-corrected chi connectivity index (χ2v) is 8.19. The fourth-order valence-corrected chi connectivity index (χ4v) is 4.05. The lowest BCUT2D eigenvalue weighted by atomic mass is 9.64. The number of amides is 1. The molecule has 1 saturated carbocycles. The zero-order valence-electron chi connectivity index (χ0n) is 15.6. The van der Waals surface area contributed by atoms with Crippen LogP contribution >= 0.6 is 15.9 Å². The number of hydrogen-bond donors (Lipinski definition) is 2. The van der Waals surface area contributed by atoms with E-state index in [9.17, 15) is 4.79 Å². The van der Waals surface area contributed by atoms with Crippen molar-refractivity contribution in [2.45, 2.75) is 44.4 Å². The predicted octanol–water partition coefficient (Wildman–Crippen LogP) is 3.05. The molecule has 2 fully saturated rings. The van der Waals surface area contributed by atoms with Crippen LogP contribution in [0, 0.1) is 0 Å². The number of hydrogen-bond acceptors (Lipinski definition) is 2. The summed E-state index contributed by atoms with van der Waals surface area (Å²) in [5.41, 5.74) is 1.55. The molecule has 0 atom stereocenters. The van der Waals surface area contributed by atoms with Gasteiger partial charge in [-0.25, -0.2) is 4.99 Å². The maximum Gasteiger partial charge on any atom is 0.244 e. The Kier molecular flexibility index (Phi) is 6.57. The van der Waals surface area contributed by atoms with Crippen molar-refractivity contribution in [3.05, 3.63) is 34.3 Å². The first-order chi connectivity index (χ1) is 12.6. The summed E-state index contributed by atoms with van der Waals surface area (Å²) in [6.45, 7) is 5.66. The predicted molar refractivity (Wildman–Crippen MR) is 109 cm³/mol. The van der Waals surface area contributed by atoms with Crippen molar-refractivity contribution >= 4 is 27.8 Å². The van der Waals surface area contributed by atoms with Gasteiger partial charge in [-0.3, -0.25) is 4.79 Å². The number of benzene rings is 1. The van der Waals surface area contributed by atoms with Crippen molar-refractivity contribution in [3.63, 3.8) is 0 Å². The standard InChI is InChI=1S/C20H29BrN4O/c1-2-22-19(23-14-18(26)25-12-3-4-13-25)24-15-20(10-5-11-20)16-6-8-17(21)9-7-16/h6-9H,2-5,10-15H2,1H3,(H2,22,23,24). The summed E-state index contributed by atoms with van der Waals surface area (Å²) < 4.78 is 1.11. The lowest BCUT2D eigenvalue weighted by Gasteiger charge is -2.43. The number of likely N-dealkylation sites (tertiary alicyclic amines) is 1. The van der Waals surface area contributed by atoms with Crippen molar-refractivity contribution < 1.29 is 4.79 Å². The molecule has 1 aliphatic heterocycles. The Morgan fingerprint density at radius 3 is 2.42 bits per heavy atom. The number of guanidine groups is 1. The molecule has 0 aromatic heterocycles. The van der Waals surface area contributed by atoms with Gasteiger partial charge in [0, 0.05) is 36.1 Å². The van der Waals surface area contributed by atoms with Gasteiger partial charge < -0.3 is 15.5 Å². The highest BCUT2D eigenvalue weighted by Crippen LogP contribution is 2.43. The fraction of sp³-hybridized carbons (Fsp3) is 0.600. The number of nitrogens with zero attached hydrogens (tertiary/aromatic N) is 2. The van der Waals surface area contributed by atoms with Gasteiger partial charge >= 0.3 is 0 Å². The summed E-state index contributed by atoms with van der Waals surface area (Å²) in [5.74, 6) is 0.870. The molecule has 1 saturated heterocycles. The Morgan fingerprint density at radius 2 is 1.85 bits per heavy atom. The first kappa shape index (κ1) is 19.2. The van der Waals surface area contributed by atoms with E-state index in [0.717, 1.165) is 49.5 Å². The molecule has 1 aromatic carbocycles. The maximum atomic E-state index is 12.2. The highest BCUT2D eigenvalue weighted by atomic mass is 79.9. The fourth-order valence-electron chi connectivity index (χ4n) is 3.78. The molecule has 0 spiro atoms. The van der Waals surface area contributed by atoms with Crippen LogP contribution in [0.2, 0.25) is 0 Å². The molecule has 0 bridgehead atoms. The van der Waals surface area contributed by atoms with E-state index in [4.69, 9.17) is 0 Å². The molecular formula is C20H29BrN4O. The molecule has 142 valence electrons. The van der Waals surface area contributed by atoms with Gasteiger partial charge in [0.05, 0.1) is 0 Å². The first-order valence-electron chi connectivity index (χ1n) is 9.69. The van der Waals surface area contributed by atoms with Crippen LogP contribution in [0.4, 0.5) is 0 Å². The van der Waals surface area contributed by atoms with E-state index in [0.29, 0.717) is 0 Å². The highest BCUT2D eigenvalue weighted by Gasteiger charge is 2.38. The number of halogens is 1. The van der Waals surface area contributed by atoms with Crippen molar-refractivity contribution in [1.29, 1.82) is 0 Å². The van der Waals surface area contributed by atoms with Gasteiger partial charge in [0.1, 0.15) is 6.54 Å². The molecule has 0 unspecified atom stereocenters. The molecule has 1 aliphatic carbocycles. The number of carbonyl (C=O) groups excluding carboxylic acids is 1. The Balaban J connectivity index is 1.60. The van der Waals surface area contributed by atoms with Crippen LogP contribution in [0.3, 0.4) is 0 Å². The largest absolute Gasteiger partial charge is 0.357 e. The molecule has 1 amide bonds. The topological polar surface area (TPSA) is 56.7 Å². The lowest BCUT2D eigenvalue weighted by Crippen LogP contribution is -2.49. The van der Waals surface area contributed by atoms with Crippen LogP contribution in [0.5, 0.6) is 0 Å². The quantitative estimate of drug-likeness (QED) is 0.549. The van der Waals surface area contributed by atoms with Gasteiger partial charge in [0.2, 0.25) is 5.91 Å². The van der Waals surface area contributed by atoms with E-state index < -0.39 is 0 Å². The Bertz CT molecular complexity index is 634. The van der Waals surface area contributed by atoms with E-state index in [2.05, 4.69) is 55.8 Å². The maximum absolute atomic E-state index is 12.2. The normalized spacial score (nSPS) is 19.2. The smallest absolute Gasteiger partial charge is 0.244 e. The summed E-state index contributed by atoms with van der Waals surface area (Å²) in [5, 5.41) is 6.75. The summed E-state index contributed by atoms with van der Waals surface area (Å²) in [6.07, 6.45) is 5.87. The van der Waals surface area contributed by atoms with Gasteiger partial charge in [-0.2, -0.15) is 0 Å². The van der Waals surface area contributed by atoms with Crippen LogP contribution in [0.1, 0.15) is 44.6 Å². The first-order valence-corrected chi connectivity index (χ1v) is 10.5. The van der Waals surface area contributed by atoms with E-state index in [1.165, 1.54) is 24.8 Å². The number of carbonyl (C=O) groups is 1. The van der Waals surface area contributed by atoms with E-state index in [-0.39, 0.29) is 17.9 Å². The summed E-state index contributed by atoms with van der Waals surface area (Å²) in [7, 11) is 0. The average Bonchev–Trinajstić information content (AvgIpc) is 3.14. The van der Waals surface area contributed by atoms with Gasteiger partial charge in [0.25, 0.3) is 0 Å². The zero-order chi connectivity index (χ0) is 18.4. The van der Waals surface area contributed by atoms with Crippen molar-refractivity contribution in [2.24, 2.45) is 4.99 Å². The van der Waals surface area contributed by atoms with Crippen molar-refractivity contribution in [2.75, 3.05) is 32.7 Å². The minimum absolute atomic E-state index is 0.131. The number of aliphatic imine (C=N–C) groups is 1. The van der Waals surface area contributed by atoms with Crippen LogP contribution in [-0.2, 0) is 10.2 Å². The molecule has 3 rings (SSSR count). The zero-order valence-corrected chi connectivity index (χ0v) is 17.1. The monoisotopic (exact) mass is 420 g/mol. The third kappa shape index (κ3) is 4.58. The number of nitrogens with one attached hydrogen (secondary N) is 2. The molecule has 0 radical (unpaired) electrons. The van der Waals surface area contributed by atoms with Gasteiger partial charge in [-0.1, -0.05) is 34.5 Å². The van der Waals surface area contributed by atoms with Gasteiger partial charge in [-0.15, -0.1) is 0 Å². The molecular weight excluding hydrogens is 392 g/mol. The molecule has 2 N–H and O–H groups in total. The SMILES string of the molecule is CCNC(=NCC(=O)N1CCCC1)NCC1(c2ccc(Br)cc2)CCC1. The van der Waals surface area contributed by atoms with Crippen molar-refractivity contribution in [1.82, 2.24) is 15.5 Å². The van der Waals surface area contributed by atoms with Crippen LogP contribution in [-0.4, -0.2) is 49.5 Å². The van der Waals surface area contributed by atoms with Crippen molar-refractivity contribution in [3.8, 4) is 0 Å². The third-order valence-corrected chi connectivity index (χ3v) is 6.07. The molecule has 1 heterocycles. The van der Waals surface area contributed by atoms with E-state index in [1.54, 1.807) is 0 Å². The third-order valence-electron chi connectivity index (χ3n) is 5.54. The van der Waals surface area contributed by atoms with E-state index >= 15 is 0 Å². The minimum atomic E-state index is 0.131. The highest BCUT2D eigenvalue weighted by molar-refractivity contribution is 9.10. The Morgan fingerprint density at radius 1 is 1.15 bits per heavy atom. The second-order valence-electron chi connectivity index (χ2n) is 7.28. The summed E-state index contributed by atoms with van der Waals surface area (Å²) in [4.78, 5) is 18.7. The number of rotatable bonds is 6.